The highest BCUT2D eigenvalue weighted by molar-refractivity contribution is 5.42. The van der Waals surface area contributed by atoms with Crippen LogP contribution in [0.5, 0.6) is 0 Å². The van der Waals surface area contributed by atoms with E-state index >= 15 is 0 Å². The van der Waals surface area contributed by atoms with Crippen molar-refractivity contribution in [2.45, 2.75) is 37.9 Å². The van der Waals surface area contributed by atoms with Crippen LogP contribution in [0.4, 0.5) is 11.8 Å². The Bertz CT molecular complexity index is 684. The molecule has 1 saturated carbocycles. The van der Waals surface area contributed by atoms with Crippen LogP contribution in [-0.4, -0.2) is 64.1 Å². The molecular weight excluding hydrogens is 314 g/mol. The second-order valence-corrected chi connectivity index (χ2v) is 7.17. The molecule has 0 radical (unpaired) electrons. The minimum atomic E-state index is 0.532. The third kappa shape index (κ3) is 3.71. The van der Waals surface area contributed by atoms with Gasteiger partial charge in [-0.15, -0.1) is 0 Å². The number of hydrogen-bond donors (Lipinski definition) is 0. The van der Waals surface area contributed by atoms with E-state index in [1.54, 1.807) is 6.33 Å². The van der Waals surface area contributed by atoms with Gasteiger partial charge in [0.2, 0.25) is 5.95 Å². The van der Waals surface area contributed by atoms with Gasteiger partial charge in [0.15, 0.2) is 0 Å². The van der Waals surface area contributed by atoms with Gasteiger partial charge in [-0.05, 0) is 25.3 Å². The minimum absolute atomic E-state index is 0.532. The molecule has 2 aromatic heterocycles. The molecule has 1 saturated heterocycles. The Hall–Kier alpha value is -2.28. The van der Waals surface area contributed by atoms with E-state index in [1.807, 2.05) is 43.7 Å². The quantitative estimate of drug-likeness (QED) is 0.792. The predicted octanol–water partition coefficient (Wildman–Crippen LogP) is 1.58. The minimum Gasteiger partial charge on any atom is -0.349 e. The van der Waals surface area contributed by atoms with Crippen molar-refractivity contribution in [3.05, 3.63) is 36.5 Å². The van der Waals surface area contributed by atoms with Crippen molar-refractivity contribution < 1.29 is 0 Å². The molecule has 1 aliphatic carbocycles. The van der Waals surface area contributed by atoms with E-state index in [2.05, 4.69) is 29.7 Å². The summed E-state index contributed by atoms with van der Waals surface area (Å²) in [5.74, 6) is 1.83. The molecule has 2 fully saturated rings. The summed E-state index contributed by atoms with van der Waals surface area (Å²) in [6.07, 6.45) is 11.1. The summed E-state index contributed by atoms with van der Waals surface area (Å²) < 4.78 is 0. The van der Waals surface area contributed by atoms with Crippen molar-refractivity contribution in [3.63, 3.8) is 0 Å². The summed E-state index contributed by atoms with van der Waals surface area (Å²) in [4.78, 5) is 24.3. The summed E-state index contributed by atoms with van der Waals surface area (Å²) in [6, 6.07) is 3.22. The lowest BCUT2D eigenvalue weighted by atomic mass is 10.2. The molecule has 0 aromatic carbocycles. The number of likely N-dealkylation sites (tertiary alicyclic amines) is 1. The van der Waals surface area contributed by atoms with Gasteiger partial charge in [0.1, 0.15) is 12.1 Å². The van der Waals surface area contributed by atoms with Crippen LogP contribution in [0.1, 0.15) is 24.8 Å². The Kier molecular flexibility index (Phi) is 4.48. The number of hydrogen-bond acceptors (Lipinski definition) is 7. The van der Waals surface area contributed by atoms with E-state index in [1.165, 1.54) is 24.8 Å². The first-order valence-electron chi connectivity index (χ1n) is 8.95. The molecule has 4 rings (SSSR count). The normalized spacial score (nSPS) is 20.6. The van der Waals surface area contributed by atoms with Crippen molar-refractivity contribution in [2.24, 2.45) is 0 Å². The monoisotopic (exact) mass is 339 g/mol. The van der Waals surface area contributed by atoms with Gasteiger partial charge in [0.05, 0.1) is 0 Å². The largest absolute Gasteiger partial charge is 0.349 e. The Morgan fingerprint density at radius 1 is 1.08 bits per heavy atom. The molecule has 2 aliphatic rings. The lowest BCUT2D eigenvalue weighted by Crippen LogP contribution is -2.39. The third-order valence-electron chi connectivity index (χ3n) is 4.91. The average Bonchev–Trinajstić information content (AvgIpc) is 3.36. The number of aromatic nitrogens is 4. The second kappa shape index (κ2) is 6.92. The summed E-state index contributed by atoms with van der Waals surface area (Å²) in [5.41, 5.74) is 1.17. The smallest absolute Gasteiger partial charge is 0.224 e. The van der Waals surface area contributed by atoms with E-state index in [0.29, 0.717) is 12.1 Å². The summed E-state index contributed by atoms with van der Waals surface area (Å²) in [5, 5.41) is 0. The fourth-order valence-corrected chi connectivity index (χ4v) is 3.56. The van der Waals surface area contributed by atoms with Crippen LogP contribution in [0.25, 0.3) is 0 Å². The van der Waals surface area contributed by atoms with Crippen LogP contribution in [0.3, 0.4) is 0 Å². The highest BCUT2D eigenvalue weighted by atomic mass is 15.3. The van der Waals surface area contributed by atoms with Gasteiger partial charge in [-0.2, -0.15) is 0 Å². The van der Waals surface area contributed by atoms with E-state index in [0.717, 1.165) is 31.4 Å². The van der Waals surface area contributed by atoms with Gasteiger partial charge in [-0.1, -0.05) is 0 Å². The number of rotatable bonds is 6. The molecule has 25 heavy (non-hydrogen) atoms. The standard InChI is InChI=1S/C18H25N7/c1-23(2)18-20-9-14(10-21-18)11-24-8-6-16(12-24)25(15-3-4-15)17-5-7-19-13-22-17/h5,7,9-10,13,15-16H,3-4,6,8,11-12H2,1-2H3. The van der Waals surface area contributed by atoms with Crippen LogP contribution >= 0.6 is 0 Å². The fraction of sp³-hybridized carbons (Fsp3) is 0.556. The van der Waals surface area contributed by atoms with Gasteiger partial charge < -0.3 is 9.80 Å². The molecule has 0 bridgehead atoms. The lowest BCUT2D eigenvalue weighted by molar-refractivity contribution is 0.323. The Labute approximate surface area is 148 Å². The molecule has 0 amide bonds. The average molecular weight is 339 g/mol. The van der Waals surface area contributed by atoms with Crippen molar-refractivity contribution in [1.29, 1.82) is 0 Å². The molecule has 132 valence electrons. The van der Waals surface area contributed by atoms with Crippen LogP contribution in [0, 0.1) is 0 Å². The van der Waals surface area contributed by atoms with E-state index in [9.17, 15) is 0 Å². The van der Waals surface area contributed by atoms with E-state index in [4.69, 9.17) is 0 Å². The molecule has 7 nitrogen and oxygen atoms in total. The zero-order valence-electron chi connectivity index (χ0n) is 14.9. The highest BCUT2D eigenvalue weighted by Gasteiger charge is 2.37. The topological polar surface area (TPSA) is 61.3 Å². The van der Waals surface area contributed by atoms with Crippen molar-refractivity contribution in [1.82, 2.24) is 24.8 Å². The maximum absolute atomic E-state index is 4.49. The Morgan fingerprint density at radius 2 is 1.88 bits per heavy atom. The molecule has 1 aliphatic heterocycles. The molecule has 3 heterocycles. The molecule has 0 spiro atoms. The first-order valence-corrected chi connectivity index (χ1v) is 8.95. The second-order valence-electron chi connectivity index (χ2n) is 7.17. The third-order valence-corrected chi connectivity index (χ3v) is 4.91. The molecule has 1 atom stereocenters. The van der Waals surface area contributed by atoms with Crippen molar-refractivity contribution in [3.8, 4) is 0 Å². The zero-order chi connectivity index (χ0) is 17.2. The summed E-state index contributed by atoms with van der Waals surface area (Å²) in [6.45, 7) is 3.08. The van der Waals surface area contributed by atoms with Gasteiger partial charge in [0, 0.05) is 70.0 Å². The first kappa shape index (κ1) is 16.2. The first-order chi connectivity index (χ1) is 12.2. The Balaban J connectivity index is 1.40. The SMILES string of the molecule is CN(C)c1ncc(CN2CCC(N(c3ccncn3)C3CC3)C2)cn1. The van der Waals surface area contributed by atoms with Crippen molar-refractivity contribution in [2.75, 3.05) is 37.0 Å². The van der Waals surface area contributed by atoms with E-state index < -0.39 is 0 Å². The lowest BCUT2D eigenvalue weighted by Gasteiger charge is -2.30. The maximum Gasteiger partial charge on any atom is 0.224 e. The van der Waals surface area contributed by atoms with Gasteiger partial charge in [0.25, 0.3) is 0 Å². The predicted molar refractivity (Wildman–Crippen MR) is 97.6 cm³/mol. The molecule has 2 aromatic rings. The Morgan fingerprint density at radius 3 is 2.52 bits per heavy atom. The molecule has 7 heteroatoms. The summed E-state index contributed by atoms with van der Waals surface area (Å²) in [7, 11) is 3.92. The van der Waals surface area contributed by atoms with E-state index in [-0.39, 0.29) is 0 Å². The van der Waals surface area contributed by atoms with Crippen LogP contribution in [0.15, 0.2) is 31.0 Å². The fourth-order valence-electron chi connectivity index (χ4n) is 3.56. The number of nitrogens with zero attached hydrogens (tertiary/aromatic N) is 7. The summed E-state index contributed by atoms with van der Waals surface area (Å²) >= 11 is 0. The highest BCUT2D eigenvalue weighted by Crippen LogP contribution is 2.34. The number of anilines is 2. The molecule has 1 unspecified atom stereocenters. The molecular formula is C18H25N7. The van der Waals surface area contributed by atoms with Gasteiger partial charge in [-0.25, -0.2) is 19.9 Å². The van der Waals surface area contributed by atoms with Crippen molar-refractivity contribution >= 4 is 11.8 Å². The van der Waals surface area contributed by atoms with Crippen LogP contribution < -0.4 is 9.80 Å². The van der Waals surface area contributed by atoms with Gasteiger partial charge in [-0.3, -0.25) is 4.90 Å². The zero-order valence-corrected chi connectivity index (χ0v) is 14.9. The maximum atomic E-state index is 4.49. The van der Waals surface area contributed by atoms with Crippen LogP contribution in [-0.2, 0) is 6.54 Å². The van der Waals surface area contributed by atoms with Crippen LogP contribution in [0.2, 0.25) is 0 Å². The van der Waals surface area contributed by atoms with Gasteiger partial charge >= 0.3 is 0 Å². The molecule has 0 N–H and O–H groups in total.